The zero-order chi connectivity index (χ0) is 17.8. The second kappa shape index (κ2) is 7.75. The maximum atomic E-state index is 13.0. The molecule has 134 valence electrons. The van der Waals surface area contributed by atoms with Crippen molar-refractivity contribution in [2.45, 2.75) is 85.5 Å². The monoisotopic (exact) mass is 328 g/mol. The number of ketones is 1. The molecule has 0 spiro atoms. The van der Waals surface area contributed by atoms with Crippen molar-refractivity contribution in [2.24, 2.45) is 17.8 Å². The van der Waals surface area contributed by atoms with E-state index in [1.54, 1.807) is 20.8 Å². The number of hydrogen-bond donors (Lipinski definition) is 0. The summed E-state index contributed by atoms with van der Waals surface area (Å²) in [6.07, 6.45) is 3.39. The summed E-state index contributed by atoms with van der Waals surface area (Å²) in [4.78, 5) is 35.9. The van der Waals surface area contributed by atoms with E-state index in [1.807, 2.05) is 27.7 Å². The zero-order valence-corrected chi connectivity index (χ0v) is 15.6. The van der Waals surface area contributed by atoms with Crippen LogP contribution in [0.4, 0.5) is 0 Å². The van der Waals surface area contributed by atoms with Gasteiger partial charge in [0.1, 0.15) is 11.5 Å². The predicted molar refractivity (Wildman–Crippen MR) is 87.4 cm³/mol. The molecular weight excluding hydrogens is 296 g/mol. The molecule has 3 atom stereocenters. The molecule has 0 N–H and O–H groups in total. The van der Waals surface area contributed by atoms with Gasteiger partial charge in [-0.25, -0.2) is 0 Å². The van der Waals surface area contributed by atoms with Crippen LogP contribution in [0.2, 0.25) is 0 Å². The van der Waals surface area contributed by atoms with Crippen molar-refractivity contribution in [3.63, 3.8) is 0 Å². The number of ether oxygens (including phenoxy) is 1. The average Bonchev–Trinajstić information content (AvgIpc) is 3.18. The summed E-state index contributed by atoms with van der Waals surface area (Å²) in [5, 5.41) is 0. The molecule has 0 aromatic heterocycles. The van der Waals surface area contributed by atoms with Crippen LogP contribution in [-0.4, -0.2) is 23.1 Å². The van der Waals surface area contributed by atoms with E-state index in [2.05, 4.69) is 0 Å². The molecule has 0 aromatic rings. The lowest BCUT2D eigenvalue weighted by atomic mass is 9.80. The van der Waals surface area contributed by atoms with E-state index in [0.29, 0.717) is 0 Å². The third kappa shape index (κ3) is 5.01. The van der Waals surface area contributed by atoms with Gasteiger partial charge in [-0.15, -0.1) is 0 Å². The van der Waals surface area contributed by atoms with E-state index in [0.717, 1.165) is 25.7 Å². The van der Waals surface area contributed by atoms with E-state index in [4.69, 9.17) is 14.5 Å². The fraction of sp³-hybridized carbons (Fsp3) is 0.889. The van der Waals surface area contributed by atoms with Crippen LogP contribution >= 0.6 is 0 Å². The Hall–Kier alpha value is -0.940. The molecule has 1 aliphatic heterocycles. The molecule has 1 aliphatic rings. The Labute approximate surface area is 140 Å². The van der Waals surface area contributed by atoms with Crippen molar-refractivity contribution in [1.82, 2.24) is 0 Å². The van der Waals surface area contributed by atoms with Gasteiger partial charge in [-0.2, -0.15) is 9.78 Å². The fourth-order valence-corrected chi connectivity index (χ4v) is 2.96. The third-order valence-electron chi connectivity index (χ3n) is 4.23. The van der Waals surface area contributed by atoms with Crippen molar-refractivity contribution in [1.29, 1.82) is 0 Å². The first-order chi connectivity index (χ1) is 10.6. The number of Topliss-reactive ketones (excluding diaryl/α,β-unsaturated/α-hetero) is 1. The molecule has 23 heavy (non-hydrogen) atoms. The molecule has 0 amide bonds. The molecule has 0 aliphatic carbocycles. The highest BCUT2D eigenvalue weighted by Gasteiger charge is 2.63. The number of esters is 1. The quantitative estimate of drug-likeness (QED) is 0.276. The normalized spacial score (nSPS) is 20.5. The second-order valence-corrected chi connectivity index (χ2v) is 7.67. The molecule has 1 fully saturated rings. The molecule has 0 radical (unpaired) electrons. The summed E-state index contributed by atoms with van der Waals surface area (Å²) in [7, 11) is 0. The highest BCUT2D eigenvalue weighted by molar-refractivity contribution is 6.03. The molecule has 1 rings (SSSR count). The Kier molecular flexibility index (Phi) is 6.78. The van der Waals surface area contributed by atoms with Gasteiger partial charge in [0.15, 0.2) is 0 Å². The summed E-state index contributed by atoms with van der Waals surface area (Å²) in [5.41, 5.74) is -0.630. The van der Waals surface area contributed by atoms with Crippen LogP contribution in [-0.2, 0) is 24.1 Å². The number of carbonyl (C=O) groups excluding carboxylic acids is 2. The molecule has 1 heterocycles. The van der Waals surface area contributed by atoms with E-state index in [9.17, 15) is 9.59 Å². The average molecular weight is 328 g/mol. The number of carbonyl (C=O) groups is 2. The maximum absolute atomic E-state index is 13.0. The Morgan fingerprint density at radius 1 is 1.04 bits per heavy atom. The summed E-state index contributed by atoms with van der Waals surface area (Å²) < 4.78 is 5.48. The number of rotatable bonds is 9. The largest absolute Gasteiger partial charge is 0.459 e. The minimum Gasteiger partial charge on any atom is -0.459 e. The van der Waals surface area contributed by atoms with Gasteiger partial charge in [-0.1, -0.05) is 40.5 Å². The third-order valence-corrected chi connectivity index (χ3v) is 4.23. The van der Waals surface area contributed by atoms with Crippen LogP contribution in [0.15, 0.2) is 0 Å². The summed E-state index contributed by atoms with van der Waals surface area (Å²) in [6, 6.07) is 0. The molecule has 5 heteroatoms. The van der Waals surface area contributed by atoms with Crippen LogP contribution in [0.25, 0.3) is 0 Å². The molecule has 0 aromatic carbocycles. The van der Waals surface area contributed by atoms with Gasteiger partial charge in [-0.3, -0.25) is 9.59 Å². The molecule has 5 nitrogen and oxygen atoms in total. The molecule has 1 saturated heterocycles. The lowest BCUT2D eigenvalue weighted by molar-refractivity contribution is -0.166. The zero-order valence-electron chi connectivity index (χ0n) is 15.6. The van der Waals surface area contributed by atoms with E-state index >= 15 is 0 Å². The van der Waals surface area contributed by atoms with Gasteiger partial charge >= 0.3 is 5.97 Å². The van der Waals surface area contributed by atoms with Crippen molar-refractivity contribution in [2.75, 3.05) is 0 Å². The van der Waals surface area contributed by atoms with Crippen LogP contribution in [0, 0.1) is 17.8 Å². The van der Waals surface area contributed by atoms with Gasteiger partial charge in [0.2, 0.25) is 5.78 Å². The molecule has 3 unspecified atom stereocenters. The first kappa shape index (κ1) is 20.1. The van der Waals surface area contributed by atoms with E-state index in [-0.39, 0.29) is 17.6 Å². The fourth-order valence-electron chi connectivity index (χ4n) is 2.96. The van der Waals surface area contributed by atoms with Crippen molar-refractivity contribution < 1.29 is 24.1 Å². The lowest BCUT2D eigenvalue weighted by Gasteiger charge is -2.28. The van der Waals surface area contributed by atoms with Crippen molar-refractivity contribution in [3.8, 4) is 0 Å². The van der Waals surface area contributed by atoms with Crippen molar-refractivity contribution >= 4 is 11.8 Å². The van der Waals surface area contributed by atoms with Crippen LogP contribution < -0.4 is 0 Å². The molecular formula is C18H32O5. The summed E-state index contributed by atoms with van der Waals surface area (Å²) >= 11 is 0. The summed E-state index contributed by atoms with van der Waals surface area (Å²) in [5.74, 6) is -3.09. The van der Waals surface area contributed by atoms with Crippen LogP contribution in [0.1, 0.15) is 74.1 Å². The standard InChI is InChI=1S/C18H32O5/c1-8-10-12(3)14(16(20)21-17(5,6)7)15(19)18(22-23-18)13(4)11-9-2/h12-14H,8-11H2,1-7H3. The first-order valence-corrected chi connectivity index (χ1v) is 8.73. The molecule has 0 saturated carbocycles. The van der Waals surface area contributed by atoms with Gasteiger partial charge in [0.25, 0.3) is 5.79 Å². The first-order valence-electron chi connectivity index (χ1n) is 8.73. The van der Waals surface area contributed by atoms with Crippen LogP contribution in [0.5, 0.6) is 0 Å². The SMILES string of the molecule is CCCC(C)C(C(=O)OC(C)(C)C)C(=O)C1(C(C)CCC)OO1. The Bertz CT molecular complexity index is 420. The number of hydrogen-bond acceptors (Lipinski definition) is 5. The van der Waals surface area contributed by atoms with Gasteiger partial charge < -0.3 is 4.74 Å². The van der Waals surface area contributed by atoms with E-state index in [1.165, 1.54) is 0 Å². The van der Waals surface area contributed by atoms with Gasteiger partial charge in [0, 0.05) is 5.92 Å². The van der Waals surface area contributed by atoms with Gasteiger partial charge in [-0.05, 0) is 39.5 Å². The Balaban J connectivity index is 3.00. The van der Waals surface area contributed by atoms with Crippen molar-refractivity contribution in [3.05, 3.63) is 0 Å². The Morgan fingerprint density at radius 2 is 1.57 bits per heavy atom. The predicted octanol–water partition coefficient (Wildman–Crippen LogP) is 4.04. The topological polar surface area (TPSA) is 68.4 Å². The highest BCUT2D eigenvalue weighted by Crippen LogP contribution is 2.44. The second-order valence-electron chi connectivity index (χ2n) is 7.67. The minimum absolute atomic E-state index is 0.0845. The lowest BCUT2D eigenvalue weighted by Crippen LogP contribution is -2.45. The van der Waals surface area contributed by atoms with Gasteiger partial charge in [0.05, 0.1) is 0 Å². The highest BCUT2D eigenvalue weighted by atomic mass is 17.4. The molecule has 0 bridgehead atoms. The Morgan fingerprint density at radius 3 is 1.96 bits per heavy atom. The maximum Gasteiger partial charge on any atom is 0.317 e. The minimum atomic E-state index is -1.26. The van der Waals surface area contributed by atoms with Crippen LogP contribution in [0.3, 0.4) is 0 Å². The smallest absolute Gasteiger partial charge is 0.317 e. The summed E-state index contributed by atoms with van der Waals surface area (Å²) in [6.45, 7) is 13.3. The van der Waals surface area contributed by atoms with E-state index < -0.39 is 23.3 Å².